The van der Waals surface area contributed by atoms with Gasteiger partial charge in [0.1, 0.15) is 10.6 Å². The smallest absolute Gasteiger partial charge is 0.430 e. The van der Waals surface area contributed by atoms with Gasteiger partial charge in [0.25, 0.3) is 0 Å². The lowest BCUT2D eigenvalue weighted by Crippen LogP contribution is -2.41. The first-order valence-corrected chi connectivity index (χ1v) is 9.46. The van der Waals surface area contributed by atoms with Crippen LogP contribution in [-0.2, 0) is 16.0 Å². The van der Waals surface area contributed by atoms with Crippen LogP contribution in [0.15, 0.2) is 22.6 Å². The molecule has 1 aromatic rings. The van der Waals surface area contributed by atoms with Gasteiger partial charge in [0.2, 0.25) is 6.10 Å². The highest BCUT2D eigenvalue weighted by Crippen LogP contribution is 3.02. The van der Waals surface area contributed by atoms with E-state index in [1.807, 2.05) is 0 Å². The Kier molecular flexibility index (Phi) is 4.55. The zero-order valence-electron chi connectivity index (χ0n) is 13.9. The Morgan fingerprint density at radius 1 is 1.15 bits per heavy atom. The summed E-state index contributed by atoms with van der Waals surface area (Å²) in [6, 6.07) is 0.0406. The summed E-state index contributed by atoms with van der Waals surface area (Å²) in [4.78, 5) is 9.52. The van der Waals surface area contributed by atoms with Crippen LogP contribution in [-0.4, -0.2) is 24.9 Å². The van der Waals surface area contributed by atoms with Gasteiger partial charge >= 0.3 is 22.4 Å². The lowest BCUT2D eigenvalue weighted by molar-refractivity contribution is -0.188. The molecule has 0 aliphatic carbocycles. The molecule has 12 heteroatoms. The number of halogens is 8. The molecule has 3 nitrogen and oxygen atoms in total. The minimum Gasteiger partial charge on any atom is -0.475 e. The van der Waals surface area contributed by atoms with Crippen molar-refractivity contribution in [3.05, 3.63) is 28.8 Å². The fraction of sp³-hybridized carbons (Fsp3) is 0.400. The maximum absolute atomic E-state index is 13.2. The maximum Gasteiger partial charge on any atom is 0.430 e. The van der Waals surface area contributed by atoms with Crippen LogP contribution in [0, 0.1) is 0 Å². The lowest BCUT2D eigenvalue weighted by atomic mass is 9.98. The second kappa shape index (κ2) is 5.76. The zero-order valence-corrected chi connectivity index (χ0v) is 14.7. The number of aryl methyl sites for hydroxylation is 1. The second-order valence-corrected chi connectivity index (χ2v) is 8.09. The highest BCUT2D eigenvalue weighted by atomic mass is 32.5. The van der Waals surface area contributed by atoms with Gasteiger partial charge in [-0.2, -0.15) is 13.2 Å². The molecular formula is C15H14F8O3S. The van der Waals surface area contributed by atoms with Crippen molar-refractivity contribution in [3.63, 3.8) is 0 Å². The SMILES string of the molecule is CCOC(=O)C1=Cc2cc(S(F)(F)(F)(F)F)cc(CC)c2O[C@@H]1C(F)(F)F. The first-order valence-electron chi connectivity index (χ1n) is 7.51. The molecule has 154 valence electrons. The standard InChI is InChI=1S/C15H14F8O3S/c1-3-8-5-10(27(19,20,21,22)23)6-9-7-11(14(24)25-4-2)13(15(16,17)18)26-12(8)9/h5-7,13H,3-4H2,1-2H3/t13-/m0/s1. The van der Waals surface area contributed by atoms with E-state index in [2.05, 4.69) is 4.74 Å². The summed E-state index contributed by atoms with van der Waals surface area (Å²) < 4.78 is 115. The number of ether oxygens (including phenoxy) is 2. The number of hydrogen-bond acceptors (Lipinski definition) is 3. The molecule has 0 spiro atoms. The van der Waals surface area contributed by atoms with Crippen LogP contribution >= 0.6 is 10.2 Å². The van der Waals surface area contributed by atoms with E-state index in [1.54, 1.807) is 0 Å². The number of hydrogen-bond donors (Lipinski definition) is 0. The van der Waals surface area contributed by atoms with Crippen LogP contribution in [0.5, 0.6) is 5.75 Å². The van der Waals surface area contributed by atoms with Gasteiger partial charge < -0.3 is 9.47 Å². The largest absolute Gasteiger partial charge is 0.475 e. The Bertz CT molecular complexity index is 811. The number of carbonyl (C=O) groups excluding carboxylic acids is 1. The van der Waals surface area contributed by atoms with Crippen molar-refractivity contribution < 1.29 is 46.9 Å². The number of esters is 1. The van der Waals surface area contributed by atoms with Crippen molar-refractivity contribution >= 4 is 22.3 Å². The van der Waals surface area contributed by atoms with Crippen LogP contribution < -0.4 is 4.74 Å². The molecule has 27 heavy (non-hydrogen) atoms. The van der Waals surface area contributed by atoms with Crippen molar-refractivity contribution in [2.75, 3.05) is 6.61 Å². The molecule has 0 saturated heterocycles. The Morgan fingerprint density at radius 3 is 2.19 bits per heavy atom. The monoisotopic (exact) mass is 426 g/mol. The summed E-state index contributed by atoms with van der Waals surface area (Å²) in [7, 11) is -10.1. The van der Waals surface area contributed by atoms with Crippen LogP contribution in [0.25, 0.3) is 6.08 Å². The van der Waals surface area contributed by atoms with Crippen LogP contribution in [0.2, 0.25) is 0 Å². The number of alkyl halides is 3. The average molecular weight is 426 g/mol. The van der Waals surface area contributed by atoms with Gasteiger partial charge in [-0.25, -0.2) is 4.79 Å². The van der Waals surface area contributed by atoms with Gasteiger partial charge in [0, 0.05) is 5.56 Å². The van der Waals surface area contributed by atoms with E-state index in [0.717, 1.165) is 0 Å². The summed E-state index contributed by atoms with van der Waals surface area (Å²) in [5, 5.41) is 0. The van der Waals surface area contributed by atoms with Crippen molar-refractivity contribution in [2.24, 2.45) is 0 Å². The third kappa shape index (κ3) is 4.47. The Hall–Kier alpha value is -1.98. The molecule has 0 fully saturated rings. The zero-order chi connectivity index (χ0) is 20.9. The van der Waals surface area contributed by atoms with Crippen LogP contribution in [0.3, 0.4) is 0 Å². The number of fused-ring (bicyclic) bond motifs is 1. The first kappa shape index (κ1) is 21.3. The maximum atomic E-state index is 13.2. The summed E-state index contributed by atoms with van der Waals surface area (Å²) in [6.07, 6.45) is -7.74. The number of benzene rings is 1. The highest BCUT2D eigenvalue weighted by molar-refractivity contribution is 8.45. The molecule has 0 aromatic heterocycles. The third-order valence-corrected chi connectivity index (χ3v) is 4.76. The van der Waals surface area contributed by atoms with Crippen LogP contribution in [0.4, 0.5) is 32.6 Å². The van der Waals surface area contributed by atoms with Gasteiger partial charge in [0.05, 0.1) is 12.2 Å². The summed E-state index contributed by atoms with van der Waals surface area (Å²) in [5.74, 6) is -2.11. The van der Waals surface area contributed by atoms with Gasteiger partial charge in [-0.05, 0) is 37.1 Å². The molecule has 0 unspecified atom stereocenters. The molecule has 1 aliphatic heterocycles. The van der Waals surface area contributed by atoms with Crippen molar-refractivity contribution in [1.29, 1.82) is 0 Å². The Morgan fingerprint density at radius 2 is 1.74 bits per heavy atom. The molecule has 2 rings (SSSR count). The predicted octanol–water partition coefficient (Wildman–Crippen LogP) is 6.18. The lowest BCUT2D eigenvalue weighted by Gasteiger charge is -2.41. The fourth-order valence-corrected chi connectivity index (χ4v) is 3.18. The van der Waals surface area contributed by atoms with Crippen molar-refractivity contribution in [1.82, 2.24) is 0 Å². The Labute approximate surface area is 148 Å². The highest BCUT2D eigenvalue weighted by Gasteiger charge is 2.65. The molecule has 0 saturated carbocycles. The Balaban J connectivity index is 2.76. The topological polar surface area (TPSA) is 35.5 Å². The molecule has 0 N–H and O–H groups in total. The molecule has 0 bridgehead atoms. The third-order valence-electron chi connectivity index (χ3n) is 3.63. The van der Waals surface area contributed by atoms with E-state index < -0.39 is 55.8 Å². The minimum absolute atomic E-state index is 0.0259. The van der Waals surface area contributed by atoms with Gasteiger partial charge in [-0.15, -0.1) is 0 Å². The summed E-state index contributed by atoms with van der Waals surface area (Å²) in [6.45, 7) is 2.26. The summed E-state index contributed by atoms with van der Waals surface area (Å²) in [5.41, 5.74) is -2.33. The first-order chi connectivity index (χ1) is 12.0. The van der Waals surface area contributed by atoms with E-state index in [-0.39, 0.29) is 25.2 Å². The second-order valence-electron chi connectivity index (χ2n) is 5.68. The van der Waals surface area contributed by atoms with Crippen LogP contribution in [0.1, 0.15) is 25.0 Å². The molecule has 1 aliphatic rings. The molecule has 1 aromatic carbocycles. The molecular weight excluding hydrogens is 412 g/mol. The van der Waals surface area contributed by atoms with E-state index >= 15 is 0 Å². The van der Waals surface area contributed by atoms with E-state index in [4.69, 9.17) is 4.74 Å². The summed E-state index contributed by atoms with van der Waals surface area (Å²) >= 11 is 0. The minimum atomic E-state index is -10.1. The average Bonchev–Trinajstić information content (AvgIpc) is 2.49. The van der Waals surface area contributed by atoms with Crippen molar-refractivity contribution in [3.8, 4) is 5.75 Å². The predicted molar refractivity (Wildman–Crippen MR) is 82.3 cm³/mol. The van der Waals surface area contributed by atoms with Crippen molar-refractivity contribution in [2.45, 2.75) is 37.4 Å². The molecule has 1 atom stereocenters. The van der Waals surface area contributed by atoms with E-state index in [9.17, 15) is 37.4 Å². The quantitative estimate of drug-likeness (QED) is 0.426. The van der Waals surface area contributed by atoms with Gasteiger partial charge in [-0.3, -0.25) is 0 Å². The van der Waals surface area contributed by atoms with Gasteiger partial charge in [0.15, 0.2) is 0 Å². The van der Waals surface area contributed by atoms with Gasteiger partial charge in [-0.1, -0.05) is 26.4 Å². The molecule has 1 heterocycles. The normalized spacial score (nSPS) is 19.9. The van der Waals surface area contributed by atoms with E-state index in [0.29, 0.717) is 6.08 Å². The molecule has 0 amide bonds. The number of rotatable bonds is 4. The fourth-order valence-electron chi connectivity index (χ4n) is 2.47. The van der Waals surface area contributed by atoms with E-state index in [1.165, 1.54) is 13.8 Å². The molecule has 0 radical (unpaired) electrons. The number of carbonyl (C=O) groups is 1.